The van der Waals surface area contributed by atoms with Gasteiger partial charge in [-0.25, -0.2) is 14.2 Å². The van der Waals surface area contributed by atoms with E-state index in [0.717, 1.165) is 55.3 Å². The molecule has 0 radical (unpaired) electrons. The van der Waals surface area contributed by atoms with Gasteiger partial charge in [-0.15, -0.1) is 0 Å². The Labute approximate surface area is 207 Å². The van der Waals surface area contributed by atoms with Gasteiger partial charge in [0.05, 0.1) is 29.0 Å². The van der Waals surface area contributed by atoms with Gasteiger partial charge in [0.15, 0.2) is 5.60 Å². The largest absolute Gasteiger partial charge is 0.458 e. The van der Waals surface area contributed by atoms with Gasteiger partial charge in [0.1, 0.15) is 12.4 Å². The first-order valence-corrected chi connectivity index (χ1v) is 12.8. The molecule has 0 amide bonds. The minimum atomic E-state index is -1.87. The Morgan fingerprint density at radius 2 is 2.06 bits per heavy atom. The molecular weight excluding hydrogens is 461 g/mol. The summed E-state index contributed by atoms with van der Waals surface area (Å²) in [6.45, 7) is 5.56. The van der Waals surface area contributed by atoms with Crippen LogP contribution in [0.3, 0.4) is 0 Å². The highest BCUT2D eigenvalue weighted by atomic mass is 19.1. The van der Waals surface area contributed by atoms with Crippen LogP contribution < -0.4 is 10.9 Å². The number of halogens is 1. The first-order valence-electron chi connectivity index (χ1n) is 12.8. The number of nitrogens with one attached hydrogen (secondary N) is 1. The molecule has 1 aromatic carbocycles. The Balaban J connectivity index is 1.57. The molecule has 3 aliphatic heterocycles. The second-order valence-corrected chi connectivity index (χ2v) is 10.8. The van der Waals surface area contributed by atoms with Gasteiger partial charge in [-0.05, 0) is 68.3 Å². The molecule has 2 N–H and O–H groups in total. The van der Waals surface area contributed by atoms with Crippen molar-refractivity contribution in [2.24, 2.45) is 0 Å². The number of hydrogen-bond acceptors (Lipinski definition) is 6. The number of hydrogen-bond donors (Lipinski definition) is 2. The van der Waals surface area contributed by atoms with E-state index >= 15 is 4.39 Å². The lowest BCUT2D eigenvalue weighted by molar-refractivity contribution is -0.172. The van der Waals surface area contributed by atoms with E-state index in [0.29, 0.717) is 40.1 Å². The molecule has 7 nitrogen and oxygen atoms in total. The van der Waals surface area contributed by atoms with Gasteiger partial charge in [0.2, 0.25) is 0 Å². The van der Waals surface area contributed by atoms with Crippen molar-refractivity contribution >= 4 is 16.9 Å². The fourth-order valence-corrected chi connectivity index (χ4v) is 7.17. The van der Waals surface area contributed by atoms with Crippen molar-refractivity contribution in [2.45, 2.75) is 70.1 Å². The highest BCUT2D eigenvalue weighted by Gasteiger charge is 2.47. The topological polar surface area (TPSA) is 93.5 Å². The van der Waals surface area contributed by atoms with E-state index in [1.807, 2.05) is 6.92 Å². The van der Waals surface area contributed by atoms with Crippen molar-refractivity contribution in [3.05, 3.63) is 61.7 Å². The summed E-state index contributed by atoms with van der Waals surface area (Å²) in [5.41, 5.74) is 4.08. The smallest absolute Gasteiger partial charge is 0.343 e. The molecule has 0 saturated carbocycles. The van der Waals surface area contributed by atoms with Crippen LogP contribution in [0, 0.1) is 12.7 Å². The van der Waals surface area contributed by atoms with E-state index in [9.17, 15) is 14.7 Å². The molecule has 0 unspecified atom stereocenters. The van der Waals surface area contributed by atoms with Gasteiger partial charge in [0.25, 0.3) is 5.56 Å². The number of carbonyl (C=O) groups excluding carboxylic acids is 1. The minimum Gasteiger partial charge on any atom is -0.458 e. The number of cyclic esters (lactones) is 1. The average Bonchev–Trinajstić information content (AvgIpc) is 3.25. The molecule has 4 aliphatic rings. The molecule has 0 bridgehead atoms. The van der Waals surface area contributed by atoms with Gasteiger partial charge in [-0.1, -0.05) is 6.92 Å². The molecule has 186 valence electrons. The third kappa shape index (κ3) is 2.61. The fourth-order valence-electron chi connectivity index (χ4n) is 7.17. The van der Waals surface area contributed by atoms with Crippen molar-refractivity contribution in [1.82, 2.24) is 14.9 Å². The van der Waals surface area contributed by atoms with Crippen LogP contribution in [0.1, 0.15) is 66.0 Å². The van der Waals surface area contributed by atoms with E-state index in [1.54, 1.807) is 17.6 Å². The summed E-state index contributed by atoms with van der Waals surface area (Å²) < 4.78 is 21.9. The number of aromatic nitrogens is 2. The molecule has 2 atom stereocenters. The number of ether oxygens (including phenoxy) is 1. The van der Waals surface area contributed by atoms with Crippen molar-refractivity contribution in [1.29, 1.82) is 0 Å². The molecule has 2 aromatic heterocycles. The fraction of sp³-hybridized carbons (Fsp3) is 0.464. The van der Waals surface area contributed by atoms with Crippen LogP contribution in [0.25, 0.3) is 22.3 Å². The van der Waals surface area contributed by atoms with Crippen molar-refractivity contribution in [3.63, 3.8) is 0 Å². The molecule has 5 heterocycles. The number of aryl methyl sites for hydroxylation is 1. The number of rotatable bonds is 1. The van der Waals surface area contributed by atoms with Crippen LogP contribution in [0.15, 0.2) is 16.9 Å². The van der Waals surface area contributed by atoms with Crippen LogP contribution in [0.2, 0.25) is 0 Å². The van der Waals surface area contributed by atoms with E-state index in [1.165, 1.54) is 11.6 Å². The van der Waals surface area contributed by atoms with Crippen LogP contribution in [0.5, 0.6) is 0 Å². The zero-order valence-electron chi connectivity index (χ0n) is 20.5. The number of pyridine rings is 2. The lowest BCUT2D eigenvalue weighted by atomic mass is 9.64. The molecule has 1 aliphatic carbocycles. The highest BCUT2D eigenvalue weighted by Crippen LogP contribution is 2.50. The SMILES string of the molecule is CC[C@@]1(O)C(=O)OCc2c1cc1n(c2=O)Cc2c-1nc1cc(F)c(C)c3c1c2[C@]1(CCCNC1)CC3. The number of nitrogens with zero attached hydrogens (tertiary/aromatic N) is 2. The Morgan fingerprint density at radius 1 is 1.22 bits per heavy atom. The Bertz CT molecular complexity index is 1570. The number of piperidine rings is 1. The zero-order valence-corrected chi connectivity index (χ0v) is 20.5. The summed E-state index contributed by atoms with van der Waals surface area (Å²) in [6, 6.07) is 3.25. The summed E-state index contributed by atoms with van der Waals surface area (Å²) in [5.74, 6) is -1.01. The van der Waals surface area contributed by atoms with Crippen LogP contribution in [0.4, 0.5) is 4.39 Å². The van der Waals surface area contributed by atoms with Gasteiger partial charge in [-0.2, -0.15) is 0 Å². The third-order valence-electron chi connectivity index (χ3n) is 9.16. The summed E-state index contributed by atoms with van der Waals surface area (Å²) in [4.78, 5) is 31.2. The summed E-state index contributed by atoms with van der Waals surface area (Å²) in [6.07, 6.45) is 3.90. The Morgan fingerprint density at radius 3 is 2.81 bits per heavy atom. The lowest BCUT2D eigenvalue weighted by Crippen LogP contribution is -2.46. The molecule has 1 spiro atoms. The van der Waals surface area contributed by atoms with Crippen molar-refractivity contribution in [3.8, 4) is 11.4 Å². The molecule has 3 aromatic rings. The summed E-state index contributed by atoms with van der Waals surface area (Å²) in [7, 11) is 0. The van der Waals surface area contributed by atoms with E-state index < -0.39 is 11.6 Å². The van der Waals surface area contributed by atoms with Gasteiger partial charge in [0, 0.05) is 34.5 Å². The maximum absolute atomic E-state index is 15.0. The Kier molecular flexibility index (Phi) is 4.44. The molecule has 8 heteroatoms. The second-order valence-electron chi connectivity index (χ2n) is 10.8. The molecular formula is C28H28FN3O4. The van der Waals surface area contributed by atoms with Crippen LogP contribution >= 0.6 is 0 Å². The third-order valence-corrected chi connectivity index (χ3v) is 9.16. The number of fused-ring (bicyclic) bond motifs is 6. The van der Waals surface area contributed by atoms with Gasteiger partial charge >= 0.3 is 5.97 Å². The van der Waals surface area contributed by atoms with E-state index in [-0.39, 0.29) is 29.8 Å². The zero-order chi connectivity index (χ0) is 25.0. The van der Waals surface area contributed by atoms with Crippen molar-refractivity contribution < 1.29 is 19.0 Å². The van der Waals surface area contributed by atoms with Crippen LogP contribution in [-0.2, 0) is 40.1 Å². The molecule has 7 rings (SSSR count). The van der Waals surface area contributed by atoms with E-state index in [2.05, 4.69) is 5.32 Å². The summed E-state index contributed by atoms with van der Waals surface area (Å²) in [5, 5.41) is 15.8. The maximum atomic E-state index is 15.0. The van der Waals surface area contributed by atoms with E-state index in [4.69, 9.17) is 9.72 Å². The highest BCUT2D eigenvalue weighted by molar-refractivity contribution is 5.94. The molecule has 1 fully saturated rings. The second kappa shape index (κ2) is 7.23. The van der Waals surface area contributed by atoms with Crippen LogP contribution in [-0.4, -0.2) is 33.7 Å². The predicted molar refractivity (Wildman–Crippen MR) is 131 cm³/mol. The number of benzene rings is 1. The number of carbonyl (C=O) groups is 1. The number of esters is 1. The quantitative estimate of drug-likeness (QED) is 0.399. The standard InChI is InChI=1S/C28H28FN3O4/c1-3-28(35)18-9-21-24-16(11-32(21)25(33)17(18)12-36-26(28)34)23-22-15(14(2)19(29)10-20(22)31-24)5-7-27(23)6-4-8-30-13-27/h9-10,30,35H,3-8,11-13H2,1-2H3/t27-,28+/m1/s1. The van der Waals surface area contributed by atoms with Crippen molar-refractivity contribution in [2.75, 3.05) is 13.1 Å². The monoisotopic (exact) mass is 489 g/mol. The first kappa shape index (κ1) is 22.1. The minimum absolute atomic E-state index is 0.0909. The summed E-state index contributed by atoms with van der Waals surface area (Å²) >= 11 is 0. The average molecular weight is 490 g/mol. The normalized spacial score (nSPS) is 26.1. The maximum Gasteiger partial charge on any atom is 0.343 e. The predicted octanol–water partition coefficient (Wildman–Crippen LogP) is 3.09. The van der Waals surface area contributed by atoms with Gasteiger partial charge in [-0.3, -0.25) is 4.79 Å². The molecule has 36 heavy (non-hydrogen) atoms. The lowest BCUT2D eigenvalue weighted by Gasteiger charge is -2.43. The Hall–Kier alpha value is -3.10. The number of aliphatic hydroxyl groups is 1. The van der Waals surface area contributed by atoms with Gasteiger partial charge < -0.3 is 19.7 Å². The molecule has 1 saturated heterocycles. The first-order chi connectivity index (χ1) is 17.3.